The van der Waals surface area contributed by atoms with E-state index in [1.54, 1.807) is 19.2 Å². The molecule has 0 aliphatic rings. The van der Waals surface area contributed by atoms with Gasteiger partial charge in [0, 0.05) is 30.4 Å². The summed E-state index contributed by atoms with van der Waals surface area (Å²) in [5.74, 6) is -0.928. The molecular weight excluding hydrogens is 310 g/mol. The maximum Gasteiger partial charge on any atom is 0.335 e. The van der Waals surface area contributed by atoms with Crippen LogP contribution in [-0.4, -0.2) is 31.3 Å². The molecule has 0 aliphatic carbocycles. The molecule has 1 aromatic rings. The van der Waals surface area contributed by atoms with Crippen molar-refractivity contribution in [2.75, 3.05) is 25.6 Å². The van der Waals surface area contributed by atoms with Gasteiger partial charge in [-0.25, -0.2) is 4.79 Å². The van der Waals surface area contributed by atoms with Gasteiger partial charge in [-0.05, 0) is 30.0 Å². The minimum atomic E-state index is -0.928. The van der Waals surface area contributed by atoms with Crippen LogP contribution in [0.3, 0.4) is 0 Å². The number of halogens is 1. The Morgan fingerprint density at radius 1 is 1.42 bits per heavy atom. The summed E-state index contributed by atoms with van der Waals surface area (Å²) in [6.07, 6.45) is 0.941. The summed E-state index contributed by atoms with van der Waals surface area (Å²) in [5.41, 5.74) is 1.16. The molecule has 19 heavy (non-hydrogen) atoms. The monoisotopic (exact) mass is 329 g/mol. The van der Waals surface area contributed by atoms with Gasteiger partial charge in [-0.2, -0.15) is 0 Å². The molecule has 0 atom stereocenters. The first-order valence-electron chi connectivity index (χ1n) is 6.11. The number of nitrogens with one attached hydrogen (secondary N) is 1. The number of hydrogen-bond donors (Lipinski definition) is 2. The van der Waals surface area contributed by atoms with Crippen molar-refractivity contribution in [3.8, 4) is 0 Å². The van der Waals surface area contributed by atoms with Crippen LogP contribution in [0.15, 0.2) is 22.7 Å². The third kappa shape index (κ3) is 5.61. The number of aromatic carboxylic acids is 1. The van der Waals surface area contributed by atoms with E-state index in [0.29, 0.717) is 6.61 Å². The van der Waals surface area contributed by atoms with Crippen molar-refractivity contribution in [2.24, 2.45) is 5.41 Å². The number of carbonyl (C=O) groups is 1. The molecule has 106 valence electrons. The summed E-state index contributed by atoms with van der Waals surface area (Å²) in [4.78, 5) is 11.0. The standard InChI is InChI=1S/C14H20BrNO3/c1-14(2,4-5-19-3)9-16-12-7-10(13(17)18)6-11(15)8-12/h6-8,16H,4-5,9H2,1-3H3,(H,17,18). The van der Waals surface area contributed by atoms with Crippen molar-refractivity contribution in [1.29, 1.82) is 0 Å². The van der Waals surface area contributed by atoms with Gasteiger partial charge in [0.1, 0.15) is 0 Å². The first-order chi connectivity index (χ1) is 8.84. The normalized spacial score (nSPS) is 11.4. The lowest BCUT2D eigenvalue weighted by Gasteiger charge is -2.25. The summed E-state index contributed by atoms with van der Waals surface area (Å²) in [6, 6.07) is 5.10. The van der Waals surface area contributed by atoms with Crippen LogP contribution in [0.25, 0.3) is 0 Å². The molecule has 2 N–H and O–H groups in total. The molecule has 0 amide bonds. The average molecular weight is 330 g/mol. The molecule has 0 aromatic heterocycles. The van der Waals surface area contributed by atoms with Gasteiger partial charge in [-0.3, -0.25) is 0 Å². The maximum atomic E-state index is 11.0. The molecule has 1 aromatic carbocycles. The van der Waals surface area contributed by atoms with Crippen LogP contribution < -0.4 is 5.32 Å². The minimum Gasteiger partial charge on any atom is -0.478 e. The Balaban J connectivity index is 2.69. The van der Waals surface area contributed by atoms with E-state index in [1.807, 2.05) is 6.07 Å². The third-order valence-electron chi connectivity index (χ3n) is 2.90. The van der Waals surface area contributed by atoms with Crippen LogP contribution in [0.2, 0.25) is 0 Å². The van der Waals surface area contributed by atoms with E-state index < -0.39 is 5.97 Å². The highest BCUT2D eigenvalue weighted by molar-refractivity contribution is 9.10. The van der Waals surface area contributed by atoms with Gasteiger partial charge in [0.15, 0.2) is 0 Å². The van der Waals surface area contributed by atoms with Crippen LogP contribution in [0.5, 0.6) is 0 Å². The fourth-order valence-corrected chi connectivity index (χ4v) is 2.12. The second kappa shape index (κ2) is 6.91. The summed E-state index contributed by atoms with van der Waals surface area (Å²) < 4.78 is 5.84. The summed E-state index contributed by atoms with van der Waals surface area (Å²) in [6.45, 7) is 5.77. The topological polar surface area (TPSA) is 58.6 Å². The van der Waals surface area contributed by atoms with Crippen LogP contribution in [0.1, 0.15) is 30.6 Å². The van der Waals surface area contributed by atoms with Crippen LogP contribution in [0, 0.1) is 5.41 Å². The Morgan fingerprint density at radius 2 is 2.11 bits per heavy atom. The zero-order valence-corrected chi connectivity index (χ0v) is 13.1. The van der Waals surface area contributed by atoms with Gasteiger partial charge < -0.3 is 15.2 Å². The van der Waals surface area contributed by atoms with Crippen LogP contribution >= 0.6 is 15.9 Å². The van der Waals surface area contributed by atoms with Crippen molar-refractivity contribution in [1.82, 2.24) is 0 Å². The van der Waals surface area contributed by atoms with Gasteiger partial charge in [0.05, 0.1) is 5.56 Å². The average Bonchev–Trinajstić information content (AvgIpc) is 2.33. The minimum absolute atomic E-state index is 0.0850. The van der Waals surface area contributed by atoms with Gasteiger partial charge in [0.2, 0.25) is 0 Å². The third-order valence-corrected chi connectivity index (χ3v) is 3.36. The van der Waals surface area contributed by atoms with Gasteiger partial charge in [-0.1, -0.05) is 29.8 Å². The van der Waals surface area contributed by atoms with E-state index in [2.05, 4.69) is 35.1 Å². The Labute approximate surface area is 122 Å². The molecule has 5 heteroatoms. The lowest BCUT2D eigenvalue weighted by Crippen LogP contribution is -2.24. The lowest BCUT2D eigenvalue weighted by atomic mass is 9.89. The second-order valence-corrected chi connectivity index (χ2v) is 6.21. The molecular formula is C14H20BrNO3. The van der Waals surface area contributed by atoms with Gasteiger partial charge >= 0.3 is 5.97 Å². The molecule has 0 fully saturated rings. The van der Waals surface area contributed by atoms with Crippen LogP contribution in [-0.2, 0) is 4.74 Å². The fraction of sp³-hybridized carbons (Fsp3) is 0.500. The number of hydrogen-bond acceptors (Lipinski definition) is 3. The maximum absolute atomic E-state index is 11.0. The highest BCUT2D eigenvalue weighted by Gasteiger charge is 2.17. The first-order valence-corrected chi connectivity index (χ1v) is 6.90. The number of rotatable bonds is 7. The van der Waals surface area contributed by atoms with Crippen LogP contribution in [0.4, 0.5) is 5.69 Å². The summed E-state index contributed by atoms with van der Waals surface area (Å²) in [7, 11) is 1.69. The SMILES string of the molecule is COCCC(C)(C)CNc1cc(Br)cc(C(=O)O)c1. The van der Waals surface area contributed by atoms with E-state index in [-0.39, 0.29) is 11.0 Å². The molecule has 0 unspecified atom stereocenters. The zero-order valence-electron chi connectivity index (χ0n) is 11.5. The molecule has 1 rings (SSSR count). The molecule has 0 saturated carbocycles. The van der Waals surface area contributed by atoms with Crippen molar-refractivity contribution in [3.05, 3.63) is 28.2 Å². The Kier molecular flexibility index (Phi) is 5.82. The van der Waals surface area contributed by atoms with Gasteiger partial charge in [0.25, 0.3) is 0 Å². The number of ether oxygens (including phenoxy) is 1. The predicted octanol–water partition coefficient (Wildman–Crippen LogP) is 3.62. The molecule has 0 spiro atoms. The van der Waals surface area contributed by atoms with Crippen molar-refractivity contribution in [2.45, 2.75) is 20.3 Å². The van der Waals surface area contributed by atoms with Crippen molar-refractivity contribution in [3.63, 3.8) is 0 Å². The highest BCUT2D eigenvalue weighted by Crippen LogP contribution is 2.24. The van der Waals surface area contributed by atoms with E-state index in [1.165, 1.54) is 0 Å². The van der Waals surface area contributed by atoms with E-state index in [0.717, 1.165) is 23.1 Å². The highest BCUT2D eigenvalue weighted by atomic mass is 79.9. The Morgan fingerprint density at radius 3 is 2.68 bits per heavy atom. The Hall–Kier alpha value is -1.07. The second-order valence-electron chi connectivity index (χ2n) is 5.29. The van der Waals surface area contributed by atoms with Crippen molar-refractivity contribution < 1.29 is 14.6 Å². The predicted molar refractivity (Wildman–Crippen MR) is 79.9 cm³/mol. The number of anilines is 1. The van der Waals surface area contributed by atoms with E-state index in [4.69, 9.17) is 9.84 Å². The lowest BCUT2D eigenvalue weighted by molar-refractivity contribution is 0.0697. The number of methoxy groups -OCH3 is 1. The van der Waals surface area contributed by atoms with Crippen molar-refractivity contribution >= 4 is 27.6 Å². The number of carboxylic acids is 1. The molecule has 0 saturated heterocycles. The molecule has 0 bridgehead atoms. The smallest absolute Gasteiger partial charge is 0.335 e. The molecule has 4 nitrogen and oxygen atoms in total. The summed E-state index contributed by atoms with van der Waals surface area (Å²) >= 11 is 3.32. The van der Waals surface area contributed by atoms with E-state index in [9.17, 15) is 4.79 Å². The fourth-order valence-electron chi connectivity index (χ4n) is 1.62. The quantitative estimate of drug-likeness (QED) is 0.802. The Bertz CT molecular complexity index is 446. The number of carboxylic acid groups (broad SMARTS) is 1. The zero-order chi connectivity index (χ0) is 14.5. The number of benzene rings is 1. The molecule has 0 aliphatic heterocycles. The van der Waals surface area contributed by atoms with E-state index >= 15 is 0 Å². The largest absolute Gasteiger partial charge is 0.478 e. The summed E-state index contributed by atoms with van der Waals surface area (Å²) in [5, 5.41) is 12.3. The molecule has 0 heterocycles. The molecule has 0 radical (unpaired) electrons. The van der Waals surface area contributed by atoms with Gasteiger partial charge in [-0.15, -0.1) is 0 Å². The first kappa shape index (κ1) is 16.0.